The summed E-state index contributed by atoms with van der Waals surface area (Å²) in [5.74, 6) is 0.309. The zero-order chi connectivity index (χ0) is 20.9. The minimum Gasteiger partial charge on any atom is -0.474 e. The van der Waals surface area contributed by atoms with Gasteiger partial charge < -0.3 is 19.6 Å². The predicted octanol–water partition coefficient (Wildman–Crippen LogP) is 1.17. The van der Waals surface area contributed by atoms with Gasteiger partial charge in [0.1, 0.15) is 19.2 Å². The highest BCUT2D eigenvalue weighted by molar-refractivity contribution is 5.54. The van der Waals surface area contributed by atoms with E-state index >= 15 is 0 Å². The Bertz CT molecular complexity index is 910. The van der Waals surface area contributed by atoms with Gasteiger partial charge in [-0.1, -0.05) is 23.4 Å². The van der Waals surface area contributed by atoms with Crippen LogP contribution >= 0.6 is 0 Å². The van der Waals surface area contributed by atoms with E-state index in [0.717, 1.165) is 12.3 Å². The average Bonchev–Trinajstić information content (AvgIpc) is 3.32. The van der Waals surface area contributed by atoms with Crippen LogP contribution in [0, 0.1) is 0 Å². The van der Waals surface area contributed by atoms with Crippen molar-refractivity contribution in [2.45, 2.75) is 13.5 Å². The fourth-order valence-electron chi connectivity index (χ4n) is 2.20. The van der Waals surface area contributed by atoms with Crippen LogP contribution < -0.4 is 15.6 Å². The molecule has 0 amide bonds. The summed E-state index contributed by atoms with van der Waals surface area (Å²) in [5.41, 5.74) is 1.09. The van der Waals surface area contributed by atoms with Gasteiger partial charge in [0, 0.05) is 20.3 Å². The molecule has 1 aromatic carbocycles. The molecule has 0 spiro atoms. The van der Waals surface area contributed by atoms with Crippen LogP contribution in [-0.4, -0.2) is 57.7 Å². The molecule has 0 aliphatic carbocycles. The van der Waals surface area contributed by atoms with E-state index in [1.54, 1.807) is 18.0 Å². The largest absolute Gasteiger partial charge is 0.474 e. The summed E-state index contributed by atoms with van der Waals surface area (Å²) in [6.45, 7) is 3.87. The summed E-state index contributed by atoms with van der Waals surface area (Å²) in [6.07, 6.45) is 5.43. The molecule has 10 nitrogen and oxygen atoms in total. The van der Waals surface area contributed by atoms with Crippen LogP contribution in [0.1, 0.15) is 6.92 Å². The maximum absolute atomic E-state index is 11.6. The van der Waals surface area contributed by atoms with Gasteiger partial charge >= 0.3 is 0 Å². The molecule has 2 aromatic heterocycles. The van der Waals surface area contributed by atoms with Crippen LogP contribution in [0.3, 0.4) is 0 Å². The Labute approximate surface area is 168 Å². The second kappa shape index (κ2) is 12.0. The Balaban J connectivity index is 0.000000179. The van der Waals surface area contributed by atoms with E-state index in [0.29, 0.717) is 31.0 Å². The van der Waals surface area contributed by atoms with Gasteiger partial charge in [-0.2, -0.15) is 0 Å². The number of anilines is 1. The zero-order valence-corrected chi connectivity index (χ0v) is 16.4. The first-order chi connectivity index (χ1) is 14.2. The summed E-state index contributed by atoms with van der Waals surface area (Å²) >= 11 is 0. The molecular formula is C19H24N6O4. The third-order valence-electron chi connectivity index (χ3n) is 3.65. The molecule has 0 radical (unpaired) electrons. The first kappa shape index (κ1) is 21.8. The van der Waals surface area contributed by atoms with Gasteiger partial charge in [-0.05, 0) is 19.1 Å². The molecule has 3 heterocycles. The number of benzene rings is 1. The maximum Gasteiger partial charge on any atom is 0.281 e. The first-order valence-electron chi connectivity index (χ1n) is 9.01. The number of fused-ring (bicyclic) bond motifs is 1. The highest BCUT2D eigenvalue weighted by Crippen LogP contribution is 2.18. The molecule has 0 saturated carbocycles. The Morgan fingerprint density at radius 3 is 2.69 bits per heavy atom. The molecular weight excluding hydrogens is 376 g/mol. The molecule has 154 valence electrons. The van der Waals surface area contributed by atoms with E-state index in [1.165, 1.54) is 10.9 Å². The van der Waals surface area contributed by atoms with Crippen molar-refractivity contribution in [1.29, 1.82) is 0 Å². The van der Waals surface area contributed by atoms with Gasteiger partial charge in [0.2, 0.25) is 5.88 Å². The van der Waals surface area contributed by atoms with E-state index in [2.05, 4.69) is 25.3 Å². The molecule has 0 bridgehead atoms. The Morgan fingerprint density at radius 1 is 1.31 bits per heavy atom. The quantitative estimate of drug-likeness (QED) is 0.649. The Morgan fingerprint density at radius 2 is 2.07 bits per heavy atom. The first-order valence-corrected chi connectivity index (χ1v) is 9.01. The normalized spacial score (nSPS) is 11.4. The number of carbonyl (C=O) groups excluding carboxylic acids is 1. The van der Waals surface area contributed by atoms with Crippen molar-refractivity contribution in [1.82, 2.24) is 24.5 Å². The number of methoxy groups -OCH3 is 1. The number of ether oxygens (including phenoxy) is 2. The lowest BCUT2D eigenvalue weighted by molar-refractivity contribution is -0.108. The number of nitrogens with one attached hydrogen (secondary N) is 1. The van der Waals surface area contributed by atoms with Gasteiger partial charge in [-0.3, -0.25) is 9.36 Å². The number of aromatic nitrogens is 5. The molecule has 10 heteroatoms. The van der Waals surface area contributed by atoms with Crippen molar-refractivity contribution in [2.75, 3.05) is 32.2 Å². The molecule has 4 rings (SSSR count). The minimum atomic E-state index is -0.276. The highest BCUT2D eigenvalue weighted by Gasteiger charge is 2.15. The highest BCUT2D eigenvalue weighted by atomic mass is 16.5. The lowest BCUT2D eigenvalue weighted by Crippen LogP contribution is -2.30. The summed E-state index contributed by atoms with van der Waals surface area (Å²) in [5, 5.41) is 10.5. The fourth-order valence-corrected chi connectivity index (χ4v) is 2.20. The molecule has 0 atom stereocenters. The van der Waals surface area contributed by atoms with Crippen LogP contribution in [-0.2, 0) is 16.1 Å². The van der Waals surface area contributed by atoms with Gasteiger partial charge in [-0.15, -0.1) is 5.10 Å². The molecule has 0 unspecified atom stereocenters. The summed E-state index contributed by atoms with van der Waals surface area (Å²) < 4.78 is 12.7. The molecule has 0 saturated heterocycles. The molecule has 1 aliphatic rings. The zero-order valence-electron chi connectivity index (χ0n) is 16.4. The molecule has 1 N–H and O–H groups in total. The summed E-state index contributed by atoms with van der Waals surface area (Å²) in [7, 11) is 1.68. The van der Waals surface area contributed by atoms with Crippen LogP contribution in [0.5, 0.6) is 5.88 Å². The molecule has 3 aromatic rings. The standard InChI is InChI=1S/C8H9N3O3.C8H7N3.C3H8O/c12-3-2-11-5-10-7-6(8(11)13)9-1-4-14-7;1-2-4-8(5-3-1)11-7-6-9-10-11;1-3-4-2/h3,5,9H,1-2,4H2;1-7H;3H2,1-2H3. The van der Waals surface area contributed by atoms with Crippen molar-refractivity contribution in [2.24, 2.45) is 0 Å². The van der Waals surface area contributed by atoms with E-state index < -0.39 is 0 Å². The Hall–Kier alpha value is -3.53. The SMILES string of the molecule is CCOC.O=CCn1cnc2c(c1=O)NCCO2.c1ccc(-n2ccnn2)cc1. The molecule has 29 heavy (non-hydrogen) atoms. The van der Waals surface area contributed by atoms with Crippen molar-refractivity contribution in [3.05, 3.63) is 59.4 Å². The second-order valence-corrected chi connectivity index (χ2v) is 5.58. The van der Waals surface area contributed by atoms with Crippen LogP contribution in [0.2, 0.25) is 0 Å². The number of para-hydroxylation sites is 1. The topological polar surface area (TPSA) is 113 Å². The van der Waals surface area contributed by atoms with Crippen LogP contribution in [0.15, 0.2) is 53.8 Å². The fraction of sp³-hybridized carbons (Fsp3) is 0.316. The minimum absolute atomic E-state index is 0.0147. The third kappa shape index (κ3) is 6.54. The van der Waals surface area contributed by atoms with Gasteiger partial charge in [0.25, 0.3) is 5.56 Å². The number of rotatable bonds is 4. The number of nitrogens with zero attached hydrogens (tertiary/aromatic N) is 5. The Kier molecular flexibility index (Phi) is 9.03. The number of carbonyl (C=O) groups is 1. The van der Waals surface area contributed by atoms with Crippen LogP contribution in [0.25, 0.3) is 5.69 Å². The second-order valence-electron chi connectivity index (χ2n) is 5.58. The average molecular weight is 400 g/mol. The lowest BCUT2D eigenvalue weighted by Gasteiger charge is -2.17. The smallest absolute Gasteiger partial charge is 0.281 e. The van der Waals surface area contributed by atoms with Gasteiger partial charge in [0.15, 0.2) is 5.69 Å². The summed E-state index contributed by atoms with van der Waals surface area (Å²) in [6, 6.07) is 9.87. The van der Waals surface area contributed by atoms with Crippen molar-refractivity contribution in [3.63, 3.8) is 0 Å². The molecule has 1 aliphatic heterocycles. The maximum atomic E-state index is 11.6. The third-order valence-corrected chi connectivity index (χ3v) is 3.65. The number of hydrogen-bond acceptors (Lipinski definition) is 8. The van der Waals surface area contributed by atoms with E-state index in [9.17, 15) is 9.59 Å². The van der Waals surface area contributed by atoms with Crippen molar-refractivity contribution >= 4 is 12.0 Å². The lowest BCUT2D eigenvalue weighted by atomic mass is 10.3. The number of hydrogen-bond donors (Lipinski definition) is 1. The predicted molar refractivity (Wildman–Crippen MR) is 107 cm³/mol. The summed E-state index contributed by atoms with van der Waals surface area (Å²) in [4.78, 5) is 25.8. The van der Waals surface area contributed by atoms with E-state index in [-0.39, 0.29) is 12.1 Å². The number of aldehydes is 1. The van der Waals surface area contributed by atoms with E-state index in [1.807, 2.05) is 43.5 Å². The molecule has 0 fully saturated rings. The van der Waals surface area contributed by atoms with Gasteiger partial charge in [0.05, 0.1) is 24.6 Å². The van der Waals surface area contributed by atoms with Gasteiger partial charge in [-0.25, -0.2) is 9.67 Å². The van der Waals surface area contributed by atoms with Crippen molar-refractivity contribution < 1.29 is 14.3 Å². The monoisotopic (exact) mass is 400 g/mol. The van der Waals surface area contributed by atoms with Crippen LogP contribution in [0.4, 0.5) is 5.69 Å². The van der Waals surface area contributed by atoms with E-state index in [4.69, 9.17) is 4.74 Å². The van der Waals surface area contributed by atoms with Crippen molar-refractivity contribution in [3.8, 4) is 11.6 Å².